The highest BCUT2D eigenvalue weighted by molar-refractivity contribution is 5.33. The van der Waals surface area contributed by atoms with E-state index in [4.69, 9.17) is 9.47 Å². The van der Waals surface area contributed by atoms with Crippen molar-refractivity contribution in [3.05, 3.63) is 0 Å². The molecule has 6 rings (SSSR count). The maximum atomic E-state index is 12.3. The number of aliphatic hydroxyl groups is 3. The molecule has 0 amide bonds. The number of likely N-dealkylation sites (N-methyl/N-ethyl adjacent to an activating group) is 1. The van der Waals surface area contributed by atoms with Crippen molar-refractivity contribution < 1.29 is 24.8 Å². The van der Waals surface area contributed by atoms with Crippen molar-refractivity contribution >= 4 is 0 Å². The molecular formula is C22H35NO5. The van der Waals surface area contributed by atoms with Crippen molar-refractivity contribution in [2.45, 2.75) is 74.6 Å². The molecule has 158 valence electrons. The summed E-state index contributed by atoms with van der Waals surface area (Å²) in [5, 5.41) is 35.6. The molecule has 5 aliphatic carbocycles. The maximum Gasteiger partial charge on any atom is 0.0810 e. The van der Waals surface area contributed by atoms with E-state index in [1.54, 1.807) is 14.2 Å². The van der Waals surface area contributed by atoms with Crippen molar-refractivity contribution in [3.8, 4) is 0 Å². The summed E-state index contributed by atoms with van der Waals surface area (Å²) in [5.74, 6) is 0.622. The zero-order valence-corrected chi connectivity index (χ0v) is 17.3. The van der Waals surface area contributed by atoms with E-state index in [-0.39, 0.29) is 53.3 Å². The van der Waals surface area contributed by atoms with Gasteiger partial charge in [-0.15, -0.1) is 0 Å². The molecule has 0 aromatic rings. The van der Waals surface area contributed by atoms with Gasteiger partial charge in [0.05, 0.1) is 29.5 Å². The predicted octanol–water partition coefficient (Wildman–Crippen LogP) is 0.630. The first-order valence-corrected chi connectivity index (χ1v) is 11.3. The number of rotatable bonds is 3. The quantitative estimate of drug-likeness (QED) is 0.653. The second-order valence-electron chi connectivity index (χ2n) is 10.8. The van der Waals surface area contributed by atoms with E-state index >= 15 is 0 Å². The van der Waals surface area contributed by atoms with Crippen LogP contribution in [-0.2, 0) is 9.47 Å². The molecule has 6 heteroatoms. The molecular weight excluding hydrogens is 358 g/mol. The number of ether oxygens (including phenoxy) is 2. The van der Waals surface area contributed by atoms with E-state index in [0.29, 0.717) is 25.8 Å². The Hall–Kier alpha value is -0.240. The van der Waals surface area contributed by atoms with Gasteiger partial charge in [-0.2, -0.15) is 0 Å². The highest BCUT2D eigenvalue weighted by Crippen LogP contribution is 2.77. The maximum absolute atomic E-state index is 12.3. The van der Waals surface area contributed by atoms with Crippen LogP contribution in [0, 0.1) is 35.0 Å². The van der Waals surface area contributed by atoms with E-state index in [0.717, 1.165) is 19.4 Å². The van der Waals surface area contributed by atoms with Crippen LogP contribution in [0.4, 0.5) is 0 Å². The van der Waals surface area contributed by atoms with Crippen molar-refractivity contribution in [2.24, 2.45) is 35.0 Å². The molecule has 3 N–H and O–H groups in total. The number of hydrogen-bond donors (Lipinski definition) is 3. The number of aliphatic hydroxyl groups excluding tert-OH is 1. The smallest absolute Gasteiger partial charge is 0.0810 e. The number of nitrogens with zero attached hydrogens (tertiary/aromatic N) is 1. The predicted molar refractivity (Wildman–Crippen MR) is 102 cm³/mol. The number of fused-ring (bicyclic) bond motifs is 2. The third-order valence-corrected chi connectivity index (χ3v) is 10.5. The summed E-state index contributed by atoms with van der Waals surface area (Å²) in [6, 6.07) is 0.149. The molecule has 1 spiro atoms. The molecule has 0 aromatic carbocycles. The standard InChI is InChI=1S/C22H35NO5/c1-4-23-10-20(25)6-5-16(24)22-12-7-11-14(27-2)9-21(26,17(12)18(11)28-3)13(19(22)23)8-15(20)22/h11-19,24-26H,4-10H2,1-3H3/t11-,12-,13+,14+,15-,16+,17-,18+,19-,20-,21+,22-/m1/s1. The fraction of sp³-hybridized carbons (Fsp3) is 1.00. The summed E-state index contributed by atoms with van der Waals surface area (Å²) in [4.78, 5) is 2.40. The number of piperidine rings is 1. The molecule has 1 aliphatic heterocycles. The van der Waals surface area contributed by atoms with Crippen LogP contribution in [0.5, 0.6) is 0 Å². The van der Waals surface area contributed by atoms with Gasteiger partial charge in [-0.25, -0.2) is 0 Å². The SMILES string of the molecule is CCN1C[C@]2(O)CC[C@H](O)[C@@]34[C@@H]5C[C@H]6[C@H](OC)[C@@H]5[C@](O)(C[C@@H]6OC)[C@@H](C[C@H]23)[C@@H]14. The number of hydrogen-bond acceptors (Lipinski definition) is 6. The van der Waals surface area contributed by atoms with Gasteiger partial charge in [0.1, 0.15) is 0 Å². The van der Waals surface area contributed by atoms with Gasteiger partial charge in [-0.1, -0.05) is 6.92 Å². The number of methoxy groups -OCH3 is 2. The Morgan fingerprint density at radius 1 is 1.11 bits per heavy atom. The lowest BCUT2D eigenvalue weighted by Crippen LogP contribution is -2.77. The van der Waals surface area contributed by atoms with E-state index in [1.165, 1.54) is 0 Å². The van der Waals surface area contributed by atoms with Gasteiger partial charge < -0.3 is 24.8 Å². The molecule has 1 heterocycles. The van der Waals surface area contributed by atoms with E-state index in [2.05, 4.69) is 11.8 Å². The van der Waals surface area contributed by atoms with E-state index < -0.39 is 17.3 Å². The first kappa shape index (κ1) is 18.5. The van der Waals surface area contributed by atoms with Gasteiger partial charge in [-0.3, -0.25) is 4.90 Å². The lowest BCUT2D eigenvalue weighted by Gasteiger charge is -2.68. The molecule has 1 saturated heterocycles. The zero-order chi connectivity index (χ0) is 19.6. The first-order chi connectivity index (χ1) is 13.4. The van der Waals surface area contributed by atoms with Crippen LogP contribution in [0.2, 0.25) is 0 Å². The summed E-state index contributed by atoms with van der Waals surface area (Å²) in [5.41, 5.74) is -1.90. The number of likely N-dealkylation sites (tertiary alicyclic amines) is 1. The Kier molecular flexibility index (Phi) is 3.65. The molecule has 6 aliphatic rings. The van der Waals surface area contributed by atoms with Crippen LogP contribution in [0.15, 0.2) is 0 Å². The highest BCUT2D eigenvalue weighted by atomic mass is 16.5. The lowest BCUT2D eigenvalue weighted by atomic mass is 9.45. The monoisotopic (exact) mass is 393 g/mol. The van der Waals surface area contributed by atoms with E-state index in [1.807, 2.05) is 0 Å². The largest absolute Gasteiger partial charge is 0.392 e. The average Bonchev–Trinajstić information content (AvgIpc) is 3.16. The van der Waals surface area contributed by atoms with Crippen LogP contribution < -0.4 is 0 Å². The Morgan fingerprint density at radius 3 is 2.57 bits per heavy atom. The van der Waals surface area contributed by atoms with Crippen LogP contribution in [0.1, 0.15) is 39.0 Å². The van der Waals surface area contributed by atoms with Gasteiger partial charge in [0.15, 0.2) is 0 Å². The molecule has 0 aromatic heterocycles. The minimum atomic E-state index is -0.843. The van der Waals surface area contributed by atoms with Crippen molar-refractivity contribution in [2.75, 3.05) is 27.3 Å². The summed E-state index contributed by atoms with van der Waals surface area (Å²) in [6.45, 7) is 3.69. The van der Waals surface area contributed by atoms with Gasteiger partial charge in [0.2, 0.25) is 0 Å². The lowest BCUT2D eigenvalue weighted by molar-refractivity contribution is -0.281. The molecule has 7 bridgehead atoms. The fourth-order valence-corrected chi connectivity index (χ4v) is 9.96. The second kappa shape index (κ2) is 5.51. The normalized spacial score (nSPS) is 64.3. The van der Waals surface area contributed by atoms with Crippen molar-refractivity contribution in [3.63, 3.8) is 0 Å². The van der Waals surface area contributed by atoms with Crippen LogP contribution in [0.25, 0.3) is 0 Å². The molecule has 5 saturated carbocycles. The highest BCUT2D eigenvalue weighted by Gasteiger charge is 2.83. The Morgan fingerprint density at radius 2 is 1.89 bits per heavy atom. The molecule has 0 radical (unpaired) electrons. The Bertz CT molecular complexity index is 690. The summed E-state index contributed by atoms with van der Waals surface area (Å²) in [6.07, 6.45) is 3.31. The van der Waals surface area contributed by atoms with Crippen molar-refractivity contribution in [1.29, 1.82) is 0 Å². The van der Waals surface area contributed by atoms with Gasteiger partial charge >= 0.3 is 0 Å². The second-order valence-corrected chi connectivity index (χ2v) is 10.8. The Balaban J connectivity index is 1.59. The Labute approximate surface area is 167 Å². The van der Waals surface area contributed by atoms with E-state index in [9.17, 15) is 15.3 Å². The molecule has 6 fully saturated rings. The molecule has 6 nitrogen and oxygen atoms in total. The number of β-amino-alcohol motifs (C(OH)–C–C–N with tert-alkyl or cyclic N) is 1. The summed E-state index contributed by atoms with van der Waals surface area (Å²) < 4.78 is 11.9. The van der Waals surface area contributed by atoms with Crippen molar-refractivity contribution in [1.82, 2.24) is 4.90 Å². The first-order valence-electron chi connectivity index (χ1n) is 11.3. The summed E-state index contributed by atoms with van der Waals surface area (Å²) in [7, 11) is 3.52. The van der Waals surface area contributed by atoms with Crippen LogP contribution in [0.3, 0.4) is 0 Å². The zero-order valence-electron chi connectivity index (χ0n) is 17.3. The van der Waals surface area contributed by atoms with Gasteiger partial charge in [0, 0.05) is 56.4 Å². The average molecular weight is 394 g/mol. The minimum absolute atomic E-state index is 0.00139. The molecule has 28 heavy (non-hydrogen) atoms. The fourth-order valence-electron chi connectivity index (χ4n) is 9.96. The minimum Gasteiger partial charge on any atom is -0.392 e. The van der Waals surface area contributed by atoms with Crippen LogP contribution in [-0.4, -0.2) is 83.1 Å². The topological polar surface area (TPSA) is 82.4 Å². The third kappa shape index (κ3) is 1.72. The van der Waals surface area contributed by atoms with Gasteiger partial charge in [0.25, 0.3) is 0 Å². The third-order valence-electron chi connectivity index (χ3n) is 10.5. The molecule has 12 atom stereocenters. The van der Waals surface area contributed by atoms with Gasteiger partial charge in [-0.05, 0) is 44.1 Å². The van der Waals surface area contributed by atoms with Crippen LogP contribution >= 0.6 is 0 Å². The summed E-state index contributed by atoms with van der Waals surface area (Å²) >= 11 is 0. The molecule has 0 unspecified atom stereocenters.